The molecule has 3 amide bonds. The number of ether oxygens (including phenoxy) is 12. The highest BCUT2D eigenvalue weighted by Crippen LogP contribution is 2.37. The fourth-order valence-electron chi connectivity index (χ4n) is 6.63. The molecule has 0 aliphatic carbocycles. The van der Waals surface area contributed by atoms with E-state index < -0.39 is 98.5 Å². The van der Waals surface area contributed by atoms with E-state index in [2.05, 4.69) is 5.10 Å². The van der Waals surface area contributed by atoms with Crippen LogP contribution in [0.1, 0.15) is 67.9 Å². The number of imide groups is 1. The normalized spacial score (nSPS) is 12.6. The first-order chi connectivity index (χ1) is 36.0. The lowest BCUT2D eigenvalue weighted by Crippen LogP contribution is -2.48. The summed E-state index contributed by atoms with van der Waals surface area (Å²) in [5.41, 5.74) is -12.7. The van der Waals surface area contributed by atoms with Crippen LogP contribution in [0.25, 0.3) is 11.0 Å². The number of imidazole rings is 1. The number of benzene rings is 2. The second kappa shape index (κ2) is 28.9. The summed E-state index contributed by atoms with van der Waals surface area (Å²) in [4.78, 5) is 101. The van der Waals surface area contributed by atoms with Gasteiger partial charge in [-0.15, -0.1) is 0 Å². The Morgan fingerprint density at radius 3 is 1.36 bits per heavy atom. The van der Waals surface area contributed by atoms with Gasteiger partial charge in [-0.25, -0.2) is 28.9 Å². The summed E-state index contributed by atoms with van der Waals surface area (Å²) in [6.07, 6.45) is -11.1. The number of hydrogen-bond donors (Lipinski definition) is 0. The number of aromatic nitrogens is 2. The minimum Gasteiger partial charge on any atom is -0.440 e. The maximum atomic E-state index is 15.1. The smallest absolute Gasteiger partial charge is 0.435 e. The zero-order chi connectivity index (χ0) is 57.9. The largest absolute Gasteiger partial charge is 0.440 e. The number of hydrazone groups is 1. The molecular weight excluding hydrogens is 1030 g/mol. The van der Waals surface area contributed by atoms with Crippen LogP contribution in [-0.2, 0) is 72.6 Å². The molecule has 1 heterocycles. The standard InChI is InChI=1S/C50H70F3N5O19/c1-33(59)39(54-58(36-17-15-14-16-35(36)50(51,52)53)45(65)77-49(8,9)32-73-27-23-69-13)40(60)55(42(62)74-46(2,3)29-70-24-20-66-10)34-18-19-37-38(28-34)57(44(64)76-48(6,7)31-72-26-22-68-12)41(61)56(37)43(63)75-47(4,5)30-71-25-21-67-11/h14-19,28H,20-27,29-32H2,1-13H3. The van der Waals surface area contributed by atoms with Crippen molar-refractivity contribution in [3.05, 3.63) is 58.5 Å². The number of amides is 3. The SMILES string of the molecule is COCCOCC(C)(C)OC(=O)N(N=C(C(C)=O)C(=O)N(C(=O)OC(C)(C)COCCOC)c1ccc2c(c1)n(C(=O)OC(C)(C)COCCOC)c(=O)n2C(=O)OC(C)(C)COCCOC)c1ccccc1C(F)(F)F. The Balaban J connectivity index is 2.44. The third-order valence-corrected chi connectivity index (χ3v) is 10.2. The molecule has 3 aromatic rings. The van der Waals surface area contributed by atoms with Gasteiger partial charge in [0.15, 0.2) is 11.5 Å². The van der Waals surface area contributed by atoms with E-state index in [9.17, 15) is 41.9 Å². The number of anilines is 2. The minimum atomic E-state index is -5.16. The number of fused-ring (bicyclic) bond motifs is 1. The van der Waals surface area contributed by atoms with Gasteiger partial charge >= 0.3 is 36.2 Å². The van der Waals surface area contributed by atoms with Crippen molar-refractivity contribution < 1.29 is 98.8 Å². The Hall–Kier alpha value is -6.33. The number of alkyl halides is 3. The van der Waals surface area contributed by atoms with E-state index in [1.807, 2.05) is 0 Å². The van der Waals surface area contributed by atoms with E-state index in [4.69, 9.17) is 56.8 Å². The number of carbonyl (C=O) groups is 6. The number of para-hydroxylation sites is 1. The van der Waals surface area contributed by atoms with Gasteiger partial charge in [-0.1, -0.05) is 12.1 Å². The molecule has 430 valence electrons. The molecule has 0 fully saturated rings. The third kappa shape index (κ3) is 19.6. The summed E-state index contributed by atoms with van der Waals surface area (Å²) in [6, 6.07) is 6.50. The summed E-state index contributed by atoms with van der Waals surface area (Å²) >= 11 is 0. The van der Waals surface area contributed by atoms with Gasteiger partial charge in [-0.05, 0) is 85.7 Å². The highest BCUT2D eigenvalue weighted by atomic mass is 19.4. The number of ketones is 1. The fourth-order valence-corrected chi connectivity index (χ4v) is 6.63. The lowest BCUT2D eigenvalue weighted by Gasteiger charge is -2.30. The first-order valence-corrected chi connectivity index (χ1v) is 23.8. The summed E-state index contributed by atoms with van der Waals surface area (Å²) in [5.74, 6) is -3.03. The van der Waals surface area contributed by atoms with Crippen molar-refractivity contribution in [2.75, 3.05) is 118 Å². The van der Waals surface area contributed by atoms with E-state index >= 15 is 4.79 Å². The van der Waals surface area contributed by atoms with Crippen LogP contribution < -0.4 is 15.6 Å². The van der Waals surface area contributed by atoms with Crippen LogP contribution in [0.5, 0.6) is 0 Å². The van der Waals surface area contributed by atoms with Crippen molar-refractivity contribution >= 4 is 64.2 Å². The summed E-state index contributed by atoms with van der Waals surface area (Å²) < 4.78 is 110. The minimum absolute atomic E-state index is 0.0267. The lowest BCUT2D eigenvalue weighted by molar-refractivity contribution is -0.137. The first-order valence-electron chi connectivity index (χ1n) is 23.8. The van der Waals surface area contributed by atoms with Crippen LogP contribution >= 0.6 is 0 Å². The molecule has 2 aromatic carbocycles. The van der Waals surface area contributed by atoms with Crippen LogP contribution in [0.3, 0.4) is 0 Å². The predicted octanol–water partition coefficient (Wildman–Crippen LogP) is 6.62. The van der Waals surface area contributed by atoms with Crippen molar-refractivity contribution in [3.8, 4) is 0 Å². The predicted molar refractivity (Wildman–Crippen MR) is 270 cm³/mol. The summed E-state index contributed by atoms with van der Waals surface area (Å²) in [7, 11) is 5.74. The van der Waals surface area contributed by atoms with Gasteiger partial charge in [0.1, 0.15) is 22.4 Å². The van der Waals surface area contributed by atoms with Gasteiger partial charge in [0.05, 0.1) is 107 Å². The molecule has 0 spiro atoms. The second-order valence-corrected chi connectivity index (χ2v) is 19.3. The van der Waals surface area contributed by atoms with Crippen LogP contribution in [0, 0.1) is 0 Å². The molecule has 0 unspecified atom stereocenters. The molecule has 27 heteroatoms. The zero-order valence-corrected chi connectivity index (χ0v) is 45.7. The Morgan fingerprint density at radius 2 is 0.948 bits per heavy atom. The van der Waals surface area contributed by atoms with E-state index in [1.54, 1.807) is 0 Å². The van der Waals surface area contributed by atoms with Crippen LogP contribution in [-0.4, -0.2) is 181 Å². The Morgan fingerprint density at radius 1 is 0.545 bits per heavy atom. The van der Waals surface area contributed by atoms with Crippen molar-refractivity contribution in [1.29, 1.82) is 0 Å². The fraction of sp³-hybridized carbons (Fsp3) is 0.600. The van der Waals surface area contributed by atoms with E-state index in [1.165, 1.54) is 83.8 Å². The van der Waals surface area contributed by atoms with Crippen LogP contribution in [0.4, 0.5) is 43.7 Å². The molecule has 3 rings (SSSR count). The molecule has 0 atom stereocenters. The average molecular weight is 1100 g/mol. The summed E-state index contributed by atoms with van der Waals surface area (Å²) in [5, 5.41) is 3.92. The maximum Gasteiger partial charge on any atom is 0.435 e. The second-order valence-electron chi connectivity index (χ2n) is 19.3. The molecule has 0 saturated carbocycles. The molecule has 0 N–H and O–H groups in total. The molecule has 0 bridgehead atoms. The molecular formula is C50H70F3N5O19. The van der Waals surface area contributed by atoms with Crippen molar-refractivity contribution in [2.45, 2.75) is 90.9 Å². The van der Waals surface area contributed by atoms with Gasteiger partial charge in [0, 0.05) is 35.4 Å². The number of Topliss-reactive ketones (excluding diaryl/α,β-unsaturated/α-hetero) is 1. The van der Waals surface area contributed by atoms with Gasteiger partial charge in [-0.3, -0.25) is 9.59 Å². The first kappa shape index (κ1) is 65.0. The number of hydrogen-bond acceptors (Lipinski definition) is 20. The highest BCUT2D eigenvalue weighted by Gasteiger charge is 2.41. The monoisotopic (exact) mass is 1100 g/mol. The van der Waals surface area contributed by atoms with Gasteiger partial charge < -0.3 is 56.8 Å². The van der Waals surface area contributed by atoms with Gasteiger partial charge in [0.25, 0.3) is 5.91 Å². The number of nitrogens with zero attached hydrogens (tertiary/aromatic N) is 5. The molecule has 0 radical (unpaired) electrons. The zero-order valence-electron chi connectivity index (χ0n) is 45.7. The highest BCUT2D eigenvalue weighted by molar-refractivity contribution is 6.69. The molecule has 77 heavy (non-hydrogen) atoms. The van der Waals surface area contributed by atoms with E-state index in [0.29, 0.717) is 15.2 Å². The van der Waals surface area contributed by atoms with Crippen molar-refractivity contribution in [1.82, 2.24) is 9.13 Å². The quantitative estimate of drug-likeness (QED) is 0.0233. The molecule has 0 aliphatic heterocycles. The number of methoxy groups -OCH3 is 4. The summed E-state index contributed by atoms with van der Waals surface area (Å²) in [6.45, 7) is 12.1. The average Bonchev–Trinajstić information content (AvgIpc) is 3.62. The maximum absolute atomic E-state index is 15.1. The topological polar surface area (TPSA) is 259 Å². The molecule has 1 aromatic heterocycles. The van der Waals surface area contributed by atoms with Crippen molar-refractivity contribution in [2.24, 2.45) is 5.10 Å². The third-order valence-electron chi connectivity index (χ3n) is 10.2. The van der Waals surface area contributed by atoms with E-state index in [0.717, 1.165) is 43.3 Å². The Kier molecular flexibility index (Phi) is 24.4. The lowest BCUT2D eigenvalue weighted by atomic mass is 10.1. The number of halogens is 3. The van der Waals surface area contributed by atoms with Gasteiger partial charge in [0.2, 0.25) is 0 Å². The van der Waals surface area contributed by atoms with E-state index in [-0.39, 0.29) is 94.7 Å². The molecule has 0 saturated heterocycles. The van der Waals surface area contributed by atoms with Crippen molar-refractivity contribution in [3.63, 3.8) is 0 Å². The Bertz CT molecular complexity index is 2590. The van der Waals surface area contributed by atoms with Crippen LogP contribution in [0.2, 0.25) is 0 Å². The van der Waals surface area contributed by atoms with Crippen LogP contribution in [0.15, 0.2) is 52.4 Å². The van der Waals surface area contributed by atoms with Gasteiger partial charge in [-0.2, -0.15) is 32.4 Å². The molecule has 0 aliphatic rings. The number of rotatable bonds is 29. The molecule has 24 nitrogen and oxygen atoms in total. The Labute approximate surface area is 443 Å². The number of carbonyl (C=O) groups excluding carboxylic acids is 6.